The molecular weight excluding hydrogens is 206 g/mol. The average molecular weight is 219 g/mol. The zero-order chi connectivity index (χ0) is 11.7. The Labute approximate surface area is 91.9 Å². The van der Waals surface area contributed by atoms with Gasteiger partial charge in [-0.1, -0.05) is 19.9 Å². The number of rotatable bonds is 2. The summed E-state index contributed by atoms with van der Waals surface area (Å²) in [6.45, 7) is 4.22. The summed E-state index contributed by atoms with van der Waals surface area (Å²) in [7, 11) is 0. The van der Waals surface area contributed by atoms with Crippen LogP contribution in [0.25, 0.3) is 10.9 Å². The van der Waals surface area contributed by atoms with Gasteiger partial charge in [-0.3, -0.25) is 4.98 Å². The molecule has 1 aromatic heterocycles. The van der Waals surface area contributed by atoms with Gasteiger partial charge in [-0.05, 0) is 30.0 Å². The maximum Gasteiger partial charge on any atom is 0.419 e. The van der Waals surface area contributed by atoms with Crippen molar-refractivity contribution < 1.29 is 4.42 Å². The van der Waals surface area contributed by atoms with Crippen LogP contribution in [0.1, 0.15) is 19.4 Å². The molecule has 0 aliphatic heterocycles. The van der Waals surface area contributed by atoms with Crippen LogP contribution >= 0.6 is 0 Å². The molecule has 16 heavy (non-hydrogen) atoms. The first kappa shape index (κ1) is 10.7. The van der Waals surface area contributed by atoms with Crippen molar-refractivity contribution in [3.05, 3.63) is 44.7 Å². The molecule has 4 heteroatoms. The zero-order valence-corrected chi connectivity index (χ0v) is 9.24. The predicted octanol–water partition coefficient (Wildman–Crippen LogP) is 1.68. The minimum Gasteiger partial charge on any atom is -0.372 e. The Balaban J connectivity index is 2.62. The van der Waals surface area contributed by atoms with Crippen molar-refractivity contribution in [3.8, 4) is 0 Å². The first-order valence-corrected chi connectivity index (χ1v) is 5.22. The van der Waals surface area contributed by atoms with Gasteiger partial charge < -0.3 is 4.42 Å². The third kappa shape index (κ3) is 2.05. The van der Waals surface area contributed by atoms with Crippen LogP contribution in [-0.2, 0) is 6.42 Å². The average Bonchev–Trinajstić information content (AvgIpc) is 2.18. The van der Waals surface area contributed by atoms with Gasteiger partial charge in [0.1, 0.15) is 0 Å². The van der Waals surface area contributed by atoms with Crippen molar-refractivity contribution in [2.45, 2.75) is 20.3 Å². The number of fused-ring (bicyclic) bond motifs is 1. The van der Waals surface area contributed by atoms with Crippen LogP contribution in [0.2, 0.25) is 0 Å². The van der Waals surface area contributed by atoms with Gasteiger partial charge in [-0.15, -0.1) is 0 Å². The lowest BCUT2D eigenvalue weighted by Crippen LogP contribution is -2.14. The fourth-order valence-corrected chi connectivity index (χ4v) is 1.74. The van der Waals surface area contributed by atoms with E-state index in [0.717, 1.165) is 12.0 Å². The summed E-state index contributed by atoms with van der Waals surface area (Å²) < 4.78 is 4.48. The van der Waals surface area contributed by atoms with E-state index in [1.807, 2.05) is 6.07 Å². The Morgan fingerprint density at radius 2 is 2.06 bits per heavy atom. The van der Waals surface area contributed by atoms with Gasteiger partial charge in [-0.25, -0.2) is 9.59 Å². The number of hydrogen-bond acceptors (Lipinski definition) is 3. The highest BCUT2D eigenvalue weighted by atomic mass is 16.4. The highest BCUT2D eigenvalue weighted by Gasteiger charge is 2.04. The maximum absolute atomic E-state index is 11.5. The van der Waals surface area contributed by atoms with E-state index in [4.69, 9.17) is 0 Å². The Kier molecular flexibility index (Phi) is 2.64. The summed E-state index contributed by atoms with van der Waals surface area (Å²) >= 11 is 0. The third-order valence-electron chi connectivity index (χ3n) is 2.37. The summed E-state index contributed by atoms with van der Waals surface area (Å²) in [6.07, 6.45) is 0.897. The quantitative estimate of drug-likeness (QED) is 0.835. The molecular formula is C12H13NO3. The molecule has 0 saturated carbocycles. The molecule has 1 aromatic carbocycles. The van der Waals surface area contributed by atoms with Crippen molar-refractivity contribution in [1.82, 2.24) is 4.98 Å². The number of hydrogen-bond donors (Lipinski definition) is 1. The lowest BCUT2D eigenvalue weighted by atomic mass is 10.0. The van der Waals surface area contributed by atoms with Crippen LogP contribution in [0.3, 0.4) is 0 Å². The lowest BCUT2D eigenvalue weighted by molar-refractivity contribution is 0.460. The Morgan fingerprint density at radius 1 is 1.31 bits per heavy atom. The molecule has 0 aliphatic rings. The summed E-state index contributed by atoms with van der Waals surface area (Å²) in [5, 5.41) is 0.428. The van der Waals surface area contributed by atoms with Gasteiger partial charge in [0.2, 0.25) is 0 Å². The van der Waals surface area contributed by atoms with E-state index < -0.39 is 11.4 Å². The molecule has 0 aliphatic carbocycles. The van der Waals surface area contributed by atoms with Crippen molar-refractivity contribution in [3.63, 3.8) is 0 Å². The van der Waals surface area contributed by atoms with Crippen molar-refractivity contribution in [1.29, 1.82) is 0 Å². The van der Waals surface area contributed by atoms with Crippen molar-refractivity contribution in [2.75, 3.05) is 0 Å². The van der Waals surface area contributed by atoms with Gasteiger partial charge in [0.25, 0.3) is 0 Å². The van der Waals surface area contributed by atoms with Crippen LogP contribution in [0.4, 0.5) is 0 Å². The number of H-pyrrole nitrogens is 1. The molecule has 0 unspecified atom stereocenters. The second-order valence-corrected chi connectivity index (χ2v) is 4.28. The molecule has 2 rings (SSSR count). The second kappa shape index (κ2) is 3.96. The van der Waals surface area contributed by atoms with Crippen LogP contribution in [0.5, 0.6) is 0 Å². The Bertz CT molecular complexity index is 622. The molecule has 0 bridgehead atoms. The summed E-state index contributed by atoms with van der Waals surface area (Å²) in [6, 6.07) is 5.43. The first-order valence-electron chi connectivity index (χ1n) is 5.22. The number of aromatic amines is 1. The minimum absolute atomic E-state index is 0.428. The fourth-order valence-electron chi connectivity index (χ4n) is 1.74. The fraction of sp³-hybridized carbons (Fsp3) is 0.333. The first-order chi connectivity index (χ1) is 7.56. The van der Waals surface area contributed by atoms with E-state index in [-0.39, 0.29) is 0 Å². The standard InChI is InChI=1S/C12H13NO3/c1-7(2)5-8-3-4-10-9(6-8)11(14)16-12(15)13-10/h3-4,6-7H,5H2,1-2H3,(H,13,15). The van der Waals surface area contributed by atoms with Gasteiger partial charge in [0, 0.05) is 0 Å². The van der Waals surface area contributed by atoms with Gasteiger partial charge >= 0.3 is 11.4 Å². The summed E-state index contributed by atoms with van der Waals surface area (Å²) in [5.74, 6) is -0.193. The molecule has 0 atom stereocenters. The van der Waals surface area contributed by atoms with Crippen molar-refractivity contribution >= 4 is 10.9 Å². The smallest absolute Gasteiger partial charge is 0.372 e. The molecule has 0 amide bonds. The van der Waals surface area contributed by atoms with Crippen LogP contribution in [0.15, 0.2) is 32.2 Å². The second-order valence-electron chi connectivity index (χ2n) is 4.28. The molecule has 1 N–H and O–H groups in total. The van der Waals surface area contributed by atoms with Gasteiger partial charge in [0.05, 0.1) is 10.9 Å². The number of nitrogens with one attached hydrogen (secondary N) is 1. The van der Waals surface area contributed by atoms with Crippen LogP contribution < -0.4 is 11.4 Å². The molecule has 0 fully saturated rings. The van der Waals surface area contributed by atoms with Gasteiger partial charge in [0.15, 0.2) is 0 Å². The molecule has 0 radical (unpaired) electrons. The zero-order valence-electron chi connectivity index (χ0n) is 9.24. The maximum atomic E-state index is 11.5. The molecule has 4 nitrogen and oxygen atoms in total. The van der Waals surface area contributed by atoms with E-state index in [1.165, 1.54) is 0 Å². The van der Waals surface area contributed by atoms with Crippen molar-refractivity contribution in [2.24, 2.45) is 5.92 Å². The van der Waals surface area contributed by atoms with E-state index in [1.54, 1.807) is 12.1 Å². The molecule has 1 heterocycles. The highest BCUT2D eigenvalue weighted by Crippen LogP contribution is 2.12. The SMILES string of the molecule is CC(C)Cc1ccc2[nH]c(=O)oc(=O)c2c1. The minimum atomic E-state index is -0.714. The molecule has 0 spiro atoms. The highest BCUT2D eigenvalue weighted by molar-refractivity contribution is 5.77. The van der Waals surface area contributed by atoms with Crippen LogP contribution in [0, 0.1) is 5.92 Å². The largest absolute Gasteiger partial charge is 0.419 e. The van der Waals surface area contributed by atoms with E-state index in [2.05, 4.69) is 23.2 Å². The Hall–Kier alpha value is -1.84. The normalized spacial score (nSPS) is 11.2. The summed E-state index contributed by atoms with van der Waals surface area (Å²) in [4.78, 5) is 24.9. The number of aromatic nitrogens is 1. The van der Waals surface area contributed by atoms with Crippen LogP contribution in [-0.4, -0.2) is 4.98 Å². The predicted molar refractivity (Wildman–Crippen MR) is 61.6 cm³/mol. The molecule has 2 aromatic rings. The number of benzene rings is 1. The van der Waals surface area contributed by atoms with E-state index >= 15 is 0 Å². The lowest BCUT2D eigenvalue weighted by Gasteiger charge is -2.05. The summed E-state index contributed by atoms with van der Waals surface area (Å²) in [5.41, 5.74) is 1.01. The Morgan fingerprint density at radius 3 is 2.75 bits per heavy atom. The van der Waals surface area contributed by atoms with E-state index in [0.29, 0.717) is 16.8 Å². The van der Waals surface area contributed by atoms with Gasteiger partial charge in [-0.2, -0.15) is 0 Å². The monoisotopic (exact) mass is 219 g/mol. The molecule has 84 valence electrons. The molecule has 0 saturated heterocycles. The van der Waals surface area contributed by atoms with E-state index in [9.17, 15) is 9.59 Å². The topological polar surface area (TPSA) is 63.1 Å². The third-order valence-corrected chi connectivity index (χ3v) is 2.37.